The molecular weight excluding hydrogens is 394 g/mol. The summed E-state index contributed by atoms with van der Waals surface area (Å²) in [5.41, 5.74) is 1.47. The molecule has 0 saturated heterocycles. The summed E-state index contributed by atoms with van der Waals surface area (Å²) in [6, 6.07) is 17.4. The number of hydrogen-bond acceptors (Lipinski definition) is 3. The van der Waals surface area contributed by atoms with Crippen molar-refractivity contribution in [2.24, 2.45) is 0 Å². The Bertz CT molecular complexity index is 955. The van der Waals surface area contributed by atoms with Gasteiger partial charge in [-0.2, -0.15) is 0 Å². The number of hydrogen-bond donors (Lipinski definition) is 0. The molecule has 0 spiro atoms. The minimum atomic E-state index is -0.102. The zero-order chi connectivity index (χ0) is 18.7. The summed E-state index contributed by atoms with van der Waals surface area (Å²) in [6.07, 6.45) is 0. The molecule has 3 aromatic rings. The van der Waals surface area contributed by atoms with E-state index in [-0.39, 0.29) is 5.91 Å². The summed E-state index contributed by atoms with van der Waals surface area (Å²) in [7, 11) is 4.98. The maximum absolute atomic E-state index is 13.1. The Morgan fingerprint density at radius 1 is 0.962 bits per heavy atom. The smallest absolute Gasteiger partial charge is 0.257 e. The van der Waals surface area contributed by atoms with Crippen molar-refractivity contribution in [3.63, 3.8) is 0 Å². The van der Waals surface area contributed by atoms with Gasteiger partial charge in [-0.1, -0.05) is 40.2 Å². The molecule has 3 rings (SSSR count). The fourth-order valence-electron chi connectivity index (χ4n) is 2.96. The second-order valence-corrected chi connectivity index (χ2v) is 6.93. The summed E-state index contributed by atoms with van der Waals surface area (Å²) in [6.45, 7) is 0.428. The van der Waals surface area contributed by atoms with Gasteiger partial charge in [0.1, 0.15) is 11.5 Å². The molecule has 4 nitrogen and oxygen atoms in total. The van der Waals surface area contributed by atoms with Crippen LogP contribution in [0.2, 0.25) is 0 Å². The fraction of sp³-hybridized carbons (Fsp3) is 0.190. The standard InChI is InChI=1S/C21H20BrNO3/c1-23(13-16-10-17(22)8-9-19(16)25-2)21(24)18-11-14-6-4-5-7-15(14)12-20(18)26-3/h4-12H,13H2,1-3H3. The molecule has 1 amide bonds. The molecule has 0 unspecified atom stereocenters. The third kappa shape index (κ3) is 3.68. The maximum Gasteiger partial charge on any atom is 0.257 e. The van der Waals surface area contributed by atoms with Gasteiger partial charge in [0.25, 0.3) is 5.91 Å². The normalized spacial score (nSPS) is 10.6. The predicted octanol–water partition coefficient (Wildman–Crippen LogP) is 4.89. The van der Waals surface area contributed by atoms with Crippen molar-refractivity contribution in [1.29, 1.82) is 0 Å². The van der Waals surface area contributed by atoms with Crippen LogP contribution in [0.1, 0.15) is 15.9 Å². The third-order valence-corrected chi connectivity index (χ3v) is 4.79. The van der Waals surface area contributed by atoms with E-state index in [1.165, 1.54) is 0 Å². The third-order valence-electron chi connectivity index (χ3n) is 4.29. The van der Waals surface area contributed by atoms with Gasteiger partial charge in [0.2, 0.25) is 0 Å². The quantitative estimate of drug-likeness (QED) is 0.597. The molecule has 0 aliphatic rings. The molecule has 0 bridgehead atoms. The van der Waals surface area contributed by atoms with E-state index in [1.807, 2.05) is 54.6 Å². The Hall–Kier alpha value is -2.53. The predicted molar refractivity (Wildman–Crippen MR) is 107 cm³/mol. The van der Waals surface area contributed by atoms with Gasteiger partial charge in [-0.25, -0.2) is 0 Å². The van der Waals surface area contributed by atoms with Crippen LogP contribution < -0.4 is 9.47 Å². The molecule has 0 atom stereocenters. The number of amides is 1. The summed E-state index contributed by atoms with van der Waals surface area (Å²) < 4.78 is 11.8. The first-order valence-corrected chi connectivity index (χ1v) is 8.97. The van der Waals surface area contributed by atoms with Crippen molar-refractivity contribution in [3.05, 3.63) is 70.2 Å². The lowest BCUT2D eigenvalue weighted by Crippen LogP contribution is -2.26. The molecule has 0 fully saturated rings. The van der Waals surface area contributed by atoms with Gasteiger partial charge in [0, 0.05) is 23.6 Å². The summed E-state index contributed by atoms with van der Waals surface area (Å²) in [5.74, 6) is 1.22. The molecular formula is C21H20BrNO3. The lowest BCUT2D eigenvalue weighted by Gasteiger charge is -2.20. The molecule has 0 aromatic heterocycles. The van der Waals surface area contributed by atoms with Gasteiger partial charge in [-0.3, -0.25) is 4.79 Å². The number of ether oxygens (including phenoxy) is 2. The van der Waals surface area contributed by atoms with E-state index in [2.05, 4.69) is 15.9 Å². The van der Waals surface area contributed by atoms with Gasteiger partial charge in [-0.15, -0.1) is 0 Å². The number of carbonyl (C=O) groups is 1. The molecule has 0 heterocycles. The van der Waals surface area contributed by atoms with Crippen LogP contribution in [0.25, 0.3) is 10.8 Å². The first-order chi connectivity index (χ1) is 12.5. The van der Waals surface area contributed by atoms with Crippen molar-refractivity contribution in [2.45, 2.75) is 6.54 Å². The van der Waals surface area contributed by atoms with E-state index in [0.29, 0.717) is 17.9 Å². The van der Waals surface area contributed by atoms with E-state index in [1.54, 1.807) is 26.2 Å². The van der Waals surface area contributed by atoms with Crippen LogP contribution in [0.4, 0.5) is 0 Å². The van der Waals surface area contributed by atoms with Crippen molar-refractivity contribution < 1.29 is 14.3 Å². The average molecular weight is 414 g/mol. The molecule has 0 saturated carbocycles. The molecule has 0 aliphatic heterocycles. The number of benzene rings is 3. The number of methoxy groups -OCH3 is 2. The summed E-state index contributed by atoms with van der Waals surface area (Å²) in [5, 5.41) is 2.04. The van der Waals surface area contributed by atoms with Crippen molar-refractivity contribution in [2.75, 3.05) is 21.3 Å². The van der Waals surface area contributed by atoms with Crippen molar-refractivity contribution in [3.8, 4) is 11.5 Å². The second-order valence-electron chi connectivity index (χ2n) is 6.02. The van der Waals surface area contributed by atoms with E-state index in [0.717, 1.165) is 26.6 Å². The Labute approximate surface area is 161 Å². The highest BCUT2D eigenvalue weighted by molar-refractivity contribution is 9.10. The van der Waals surface area contributed by atoms with E-state index in [9.17, 15) is 4.79 Å². The van der Waals surface area contributed by atoms with Crippen molar-refractivity contribution in [1.82, 2.24) is 4.90 Å². The Kier molecular flexibility index (Phi) is 5.47. The molecule has 5 heteroatoms. The maximum atomic E-state index is 13.1. The molecule has 3 aromatic carbocycles. The monoisotopic (exact) mass is 413 g/mol. The van der Waals surface area contributed by atoms with Crippen LogP contribution in [-0.2, 0) is 6.54 Å². The Morgan fingerprint density at radius 3 is 2.27 bits per heavy atom. The lowest BCUT2D eigenvalue weighted by molar-refractivity contribution is 0.0781. The van der Waals surface area contributed by atoms with Crippen molar-refractivity contribution >= 4 is 32.6 Å². The van der Waals surface area contributed by atoms with Crippen LogP contribution in [0.5, 0.6) is 11.5 Å². The van der Waals surface area contributed by atoms with Crippen LogP contribution in [0.3, 0.4) is 0 Å². The molecule has 26 heavy (non-hydrogen) atoms. The molecule has 0 aliphatic carbocycles. The fourth-order valence-corrected chi connectivity index (χ4v) is 3.37. The minimum Gasteiger partial charge on any atom is -0.496 e. The first kappa shape index (κ1) is 18.3. The molecule has 0 N–H and O–H groups in total. The number of nitrogens with zero attached hydrogens (tertiary/aromatic N) is 1. The van der Waals surface area contributed by atoms with Crippen LogP contribution in [0, 0.1) is 0 Å². The number of halogens is 1. The SMILES string of the molecule is COc1ccc(Br)cc1CN(C)C(=O)c1cc2ccccc2cc1OC. The van der Waals surface area contributed by atoms with Gasteiger partial charge < -0.3 is 14.4 Å². The summed E-state index contributed by atoms with van der Waals surface area (Å²) >= 11 is 3.47. The van der Waals surface area contributed by atoms with E-state index < -0.39 is 0 Å². The number of rotatable bonds is 5. The van der Waals surface area contributed by atoms with Gasteiger partial charge in [0.05, 0.1) is 19.8 Å². The Balaban J connectivity index is 1.93. The average Bonchev–Trinajstić information content (AvgIpc) is 2.66. The lowest BCUT2D eigenvalue weighted by atomic mass is 10.0. The van der Waals surface area contributed by atoms with Gasteiger partial charge in [0.15, 0.2) is 0 Å². The van der Waals surface area contributed by atoms with E-state index >= 15 is 0 Å². The zero-order valence-corrected chi connectivity index (χ0v) is 16.5. The largest absolute Gasteiger partial charge is 0.496 e. The van der Waals surface area contributed by atoms with Crippen LogP contribution in [0.15, 0.2) is 59.1 Å². The minimum absolute atomic E-state index is 0.102. The first-order valence-electron chi connectivity index (χ1n) is 8.18. The topological polar surface area (TPSA) is 38.8 Å². The highest BCUT2D eigenvalue weighted by Crippen LogP contribution is 2.29. The van der Waals surface area contributed by atoms with Crippen LogP contribution >= 0.6 is 15.9 Å². The van der Waals surface area contributed by atoms with E-state index in [4.69, 9.17) is 9.47 Å². The Morgan fingerprint density at radius 2 is 1.62 bits per heavy atom. The molecule has 0 radical (unpaired) electrons. The van der Waals surface area contributed by atoms with Gasteiger partial charge in [-0.05, 0) is 41.1 Å². The highest BCUT2D eigenvalue weighted by atomic mass is 79.9. The van der Waals surface area contributed by atoms with Gasteiger partial charge >= 0.3 is 0 Å². The zero-order valence-electron chi connectivity index (χ0n) is 15.0. The second kappa shape index (κ2) is 7.79. The number of fused-ring (bicyclic) bond motifs is 1. The van der Waals surface area contributed by atoms with Crippen LogP contribution in [-0.4, -0.2) is 32.1 Å². The summed E-state index contributed by atoms with van der Waals surface area (Å²) in [4.78, 5) is 14.7. The number of carbonyl (C=O) groups excluding carboxylic acids is 1. The molecule has 134 valence electrons. The highest BCUT2D eigenvalue weighted by Gasteiger charge is 2.19.